The summed E-state index contributed by atoms with van der Waals surface area (Å²) in [5, 5.41) is 22.7. The molecule has 0 saturated carbocycles. The number of nitrogens with one attached hydrogen (secondary N) is 1. The first-order chi connectivity index (χ1) is 9.25. The summed E-state index contributed by atoms with van der Waals surface area (Å²) in [5.74, 6) is -1.81. The van der Waals surface area contributed by atoms with Gasteiger partial charge < -0.3 is 15.3 Å². The number of likely N-dealkylation sites (N-methyl/N-ethyl adjacent to an activating group) is 1. The number of benzene rings is 1. The molecule has 8 nitrogen and oxygen atoms in total. The zero-order valence-corrected chi connectivity index (χ0v) is 11.3. The van der Waals surface area contributed by atoms with E-state index in [4.69, 9.17) is 0 Å². The highest BCUT2D eigenvalue weighted by Crippen LogP contribution is 2.29. The first kappa shape index (κ1) is 15.4. The maximum Gasteiger partial charge on any atom is 0.311 e. The van der Waals surface area contributed by atoms with E-state index < -0.39 is 28.3 Å². The zero-order chi connectivity index (χ0) is 15.4. The van der Waals surface area contributed by atoms with Crippen LogP contribution in [0.15, 0.2) is 18.2 Å². The van der Waals surface area contributed by atoms with Gasteiger partial charge in [-0.3, -0.25) is 19.7 Å². The van der Waals surface area contributed by atoms with Gasteiger partial charge in [-0.2, -0.15) is 0 Å². The van der Waals surface area contributed by atoms with Crippen LogP contribution in [0.5, 0.6) is 5.75 Å². The predicted octanol–water partition coefficient (Wildman–Crippen LogP) is 0.507. The summed E-state index contributed by atoms with van der Waals surface area (Å²) in [7, 11) is 3.08. The molecular formula is C12H15N3O5. The van der Waals surface area contributed by atoms with Crippen molar-refractivity contribution < 1.29 is 19.6 Å². The van der Waals surface area contributed by atoms with Crippen LogP contribution in [-0.2, 0) is 4.79 Å². The summed E-state index contributed by atoms with van der Waals surface area (Å²) < 4.78 is 0. The van der Waals surface area contributed by atoms with Crippen LogP contribution in [0.2, 0.25) is 0 Å². The van der Waals surface area contributed by atoms with Crippen molar-refractivity contribution >= 4 is 17.5 Å². The van der Waals surface area contributed by atoms with E-state index in [1.165, 1.54) is 38.1 Å². The predicted molar refractivity (Wildman–Crippen MR) is 70.4 cm³/mol. The van der Waals surface area contributed by atoms with Gasteiger partial charge in [-0.1, -0.05) is 6.07 Å². The van der Waals surface area contributed by atoms with Crippen LogP contribution in [-0.4, -0.2) is 46.9 Å². The van der Waals surface area contributed by atoms with Gasteiger partial charge in [0.05, 0.1) is 10.5 Å². The van der Waals surface area contributed by atoms with Gasteiger partial charge in [0.15, 0.2) is 0 Å². The molecule has 1 aromatic rings. The van der Waals surface area contributed by atoms with Crippen LogP contribution in [0.25, 0.3) is 0 Å². The van der Waals surface area contributed by atoms with Gasteiger partial charge in [0, 0.05) is 20.2 Å². The standard InChI is InChI=1S/C12H15N3O5/c1-7(12(18)14(2)3)13-11(17)8-5-4-6-9(10(8)16)15(19)20/h4-7,16H,1-3H3,(H,13,17). The SMILES string of the molecule is CC(NC(=O)c1cccc([N+](=O)[O-])c1O)C(=O)N(C)C. The Bertz CT molecular complexity index is 556. The average Bonchev–Trinajstić information content (AvgIpc) is 2.37. The monoisotopic (exact) mass is 281 g/mol. The number of amides is 2. The highest BCUT2D eigenvalue weighted by Gasteiger charge is 2.24. The Morgan fingerprint density at radius 3 is 2.50 bits per heavy atom. The average molecular weight is 281 g/mol. The van der Waals surface area contributed by atoms with Crippen LogP contribution in [0.1, 0.15) is 17.3 Å². The maximum atomic E-state index is 11.9. The number of carbonyl (C=O) groups is 2. The van der Waals surface area contributed by atoms with Crippen molar-refractivity contribution in [2.45, 2.75) is 13.0 Å². The highest BCUT2D eigenvalue weighted by atomic mass is 16.6. The van der Waals surface area contributed by atoms with Gasteiger partial charge in [-0.25, -0.2) is 0 Å². The molecule has 0 heterocycles. The van der Waals surface area contributed by atoms with Crippen molar-refractivity contribution in [2.24, 2.45) is 0 Å². The number of para-hydroxylation sites is 1. The Morgan fingerprint density at radius 2 is 2.00 bits per heavy atom. The summed E-state index contributed by atoms with van der Waals surface area (Å²) in [5.41, 5.74) is -0.818. The third kappa shape index (κ3) is 3.22. The Balaban J connectivity index is 2.97. The van der Waals surface area contributed by atoms with E-state index in [9.17, 15) is 24.8 Å². The topological polar surface area (TPSA) is 113 Å². The number of rotatable bonds is 4. The lowest BCUT2D eigenvalue weighted by atomic mass is 10.1. The number of aromatic hydroxyl groups is 1. The van der Waals surface area contributed by atoms with Crippen LogP contribution < -0.4 is 5.32 Å². The molecule has 0 aliphatic carbocycles. The second kappa shape index (κ2) is 6.00. The molecule has 108 valence electrons. The number of phenols is 1. The maximum absolute atomic E-state index is 11.9. The molecule has 1 aromatic carbocycles. The van der Waals surface area contributed by atoms with E-state index in [0.29, 0.717) is 0 Å². The molecule has 0 radical (unpaired) electrons. The van der Waals surface area contributed by atoms with Gasteiger partial charge >= 0.3 is 5.69 Å². The number of nitro groups is 1. The van der Waals surface area contributed by atoms with Crippen molar-refractivity contribution in [3.05, 3.63) is 33.9 Å². The number of carbonyl (C=O) groups excluding carboxylic acids is 2. The van der Waals surface area contributed by atoms with Crippen molar-refractivity contribution in [1.29, 1.82) is 0 Å². The van der Waals surface area contributed by atoms with E-state index in [1.807, 2.05) is 0 Å². The first-order valence-corrected chi connectivity index (χ1v) is 5.74. The minimum Gasteiger partial charge on any atom is -0.502 e. The van der Waals surface area contributed by atoms with Crippen LogP contribution in [0, 0.1) is 10.1 Å². The van der Waals surface area contributed by atoms with Gasteiger partial charge in [-0.05, 0) is 13.0 Å². The second-order valence-corrected chi connectivity index (χ2v) is 4.36. The van der Waals surface area contributed by atoms with E-state index in [-0.39, 0.29) is 11.5 Å². The third-order valence-electron chi connectivity index (χ3n) is 2.61. The van der Waals surface area contributed by atoms with Crippen LogP contribution in [0.4, 0.5) is 5.69 Å². The zero-order valence-electron chi connectivity index (χ0n) is 11.3. The molecule has 1 unspecified atom stereocenters. The van der Waals surface area contributed by atoms with E-state index in [1.54, 1.807) is 0 Å². The molecule has 1 rings (SSSR count). The molecule has 1 atom stereocenters. The summed E-state index contributed by atoms with van der Waals surface area (Å²) in [6.07, 6.45) is 0. The number of nitrogens with zero attached hydrogens (tertiary/aromatic N) is 2. The van der Waals surface area contributed by atoms with Crippen LogP contribution >= 0.6 is 0 Å². The quantitative estimate of drug-likeness (QED) is 0.616. The summed E-state index contributed by atoms with van der Waals surface area (Å²) in [6, 6.07) is 2.80. The molecule has 2 N–H and O–H groups in total. The fourth-order valence-electron chi connectivity index (χ4n) is 1.59. The lowest BCUT2D eigenvalue weighted by Crippen LogP contribution is -2.44. The van der Waals surface area contributed by atoms with E-state index in [2.05, 4.69) is 5.32 Å². The Kier molecular flexibility index (Phi) is 4.63. The number of hydrogen-bond donors (Lipinski definition) is 2. The number of phenolic OH excluding ortho intramolecular Hbond substituents is 1. The van der Waals surface area contributed by atoms with Crippen LogP contribution in [0.3, 0.4) is 0 Å². The van der Waals surface area contributed by atoms with Gasteiger partial charge in [0.2, 0.25) is 11.7 Å². The fraction of sp³-hybridized carbons (Fsp3) is 0.333. The molecule has 20 heavy (non-hydrogen) atoms. The molecule has 0 aliphatic heterocycles. The molecule has 2 amide bonds. The minimum absolute atomic E-state index is 0.252. The lowest BCUT2D eigenvalue weighted by Gasteiger charge is -2.18. The molecule has 0 saturated heterocycles. The summed E-state index contributed by atoms with van der Waals surface area (Å²) in [6.45, 7) is 1.48. The summed E-state index contributed by atoms with van der Waals surface area (Å²) in [4.78, 5) is 34.7. The molecule has 0 bridgehead atoms. The molecule has 0 spiro atoms. The minimum atomic E-state index is -0.809. The van der Waals surface area contributed by atoms with E-state index in [0.717, 1.165) is 6.07 Å². The Morgan fingerprint density at radius 1 is 1.40 bits per heavy atom. The smallest absolute Gasteiger partial charge is 0.311 e. The first-order valence-electron chi connectivity index (χ1n) is 5.74. The van der Waals surface area contributed by atoms with Gasteiger partial charge in [0.1, 0.15) is 6.04 Å². The molecule has 8 heteroatoms. The normalized spacial score (nSPS) is 11.6. The van der Waals surface area contributed by atoms with Gasteiger partial charge in [-0.15, -0.1) is 0 Å². The molecule has 0 fully saturated rings. The second-order valence-electron chi connectivity index (χ2n) is 4.36. The Labute approximate surface area is 115 Å². The molecule has 0 aliphatic rings. The summed E-state index contributed by atoms with van der Waals surface area (Å²) >= 11 is 0. The lowest BCUT2D eigenvalue weighted by molar-refractivity contribution is -0.385. The molecular weight excluding hydrogens is 266 g/mol. The molecule has 0 aromatic heterocycles. The van der Waals surface area contributed by atoms with Crippen molar-refractivity contribution in [1.82, 2.24) is 10.2 Å². The highest BCUT2D eigenvalue weighted by molar-refractivity contribution is 6.00. The van der Waals surface area contributed by atoms with Gasteiger partial charge in [0.25, 0.3) is 5.91 Å². The number of hydrogen-bond acceptors (Lipinski definition) is 5. The van der Waals surface area contributed by atoms with Crippen molar-refractivity contribution in [3.63, 3.8) is 0 Å². The number of nitro benzene ring substituents is 1. The van der Waals surface area contributed by atoms with Crippen molar-refractivity contribution in [2.75, 3.05) is 14.1 Å². The third-order valence-corrected chi connectivity index (χ3v) is 2.61. The fourth-order valence-corrected chi connectivity index (χ4v) is 1.59. The largest absolute Gasteiger partial charge is 0.502 e. The Hall–Kier alpha value is -2.64. The van der Waals surface area contributed by atoms with E-state index >= 15 is 0 Å². The van der Waals surface area contributed by atoms with Crippen molar-refractivity contribution in [3.8, 4) is 5.75 Å².